The average Bonchev–Trinajstić information content (AvgIpc) is 1.08. The summed E-state index contributed by atoms with van der Waals surface area (Å²) in [7, 11) is 1.48. The molecule has 0 saturated heterocycles. The normalized spacial score (nSPS) is 13.5. The van der Waals surface area contributed by atoms with Crippen molar-refractivity contribution in [2.75, 3.05) is 47.5 Å². The number of hydrogen-bond acceptors (Lipinski definition) is 7. The van der Waals surface area contributed by atoms with Gasteiger partial charge in [0.15, 0.2) is 6.10 Å². The van der Waals surface area contributed by atoms with Crippen LogP contribution in [0.3, 0.4) is 0 Å². The van der Waals surface area contributed by atoms with Crippen molar-refractivity contribution in [3.05, 3.63) is 97.2 Å². The van der Waals surface area contributed by atoms with Crippen LogP contribution in [0.4, 0.5) is 0 Å². The topological polar surface area (TPSA) is 108 Å². The number of phosphoric ester groups is 1. The van der Waals surface area contributed by atoms with Crippen molar-refractivity contribution < 1.29 is 42.1 Å². The molecule has 1 N–H and O–H groups in total. The zero-order valence-electron chi connectivity index (χ0n) is 65.3. The first-order valence-corrected chi connectivity index (χ1v) is 43.5. The molecule has 2 unspecified atom stereocenters. The Bertz CT molecular complexity index is 1980. The van der Waals surface area contributed by atoms with Crippen molar-refractivity contribution >= 4 is 19.8 Å². The van der Waals surface area contributed by atoms with E-state index in [4.69, 9.17) is 18.5 Å². The summed E-state index contributed by atoms with van der Waals surface area (Å²) in [4.78, 5) is 36.0. The van der Waals surface area contributed by atoms with E-state index in [0.717, 1.165) is 96.3 Å². The van der Waals surface area contributed by atoms with E-state index < -0.39 is 26.5 Å². The van der Waals surface area contributed by atoms with Crippen LogP contribution in [0.2, 0.25) is 0 Å². The second kappa shape index (κ2) is 78.1. The third kappa shape index (κ3) is 81.9. The van der Waals surface area contributed by atoms with Crippen LogP contribution in [0.25, 0.3) is 0 Å². The molecule has 0 rings (SSSR count). The van der Waals surface area contributed by atoms with Crippen molar-refractivity contribution in [3.63, 3.8) is 0 Å². The van der Waals surface area contributed by atoms with Gasteiger partial charge in [-0.1, -0.05) is 406 Å². The van der Waals surface area contributed by atoms with Gasteiger partial charge in [-0.25, -0.2) is 4.57 Å². The van der Waals surface area contributed by atoms with E-state index in [-0.39, 0.29) is 32.0 Å². The molecule has 0 amide bonds. The summed E-state index contributed by atoms with van der Waals surface area (Å²) in [6.45, 7) is 4.37. The third-order valence-corrected chi connectivity index (χ3v) is 19.6. The summed E-state index contributed by atoms with van der Waals surface area (Å²) in [6.07, 6.45) is 110. The van der Waals surface area contributed by atoms with Gasteiger partial charge in [0, 0.05) is 12.8 Å². The molecule has 0 fully saturated rings. The number of carbonyl (C=O) groups is 2. The molecule has 0 saturated carbocycles. The van der Waals surface area contributed by atoms with Crippen molar-refractivity contribution in [2.24, 2.45) is 0 Å². The van der Waals surface area contributed by atoms with Crippen molar-refractivity contribution in [3.8, 4) is 0 Å². The quantitative estimate of drug-likeness (QED) is 0.0211. The van der Waals surface area contributed by atoms with Crippen molar-refractivity contribution in [2.45, 2.75) is 405 Å². The Morgan fingerprint density at radius 2 is 0.582 bits per heavy atom. The largest absolute Gasteiger partial charge is 0.472 e. The highest BCUT2D eigenvalue weighted by atomic mass is 31.2. The first-order valence-electron chi connectivity index (χ1n) is 42.0. The first kappa shape index (κ1) is 94.9. The lowest BCUT2D eigenvalue weighted by atomic mass is 10.0. The van der Waals surface area contributed by atoms with E-state index in [2.05, 4.69) is 111 Å². The van der Waals surface area contributed by atoms with Crippen LogP contribution in [0.5, 0.6) is 0 Å². The molecular formula is C88H161NO8P+. The van der Waals surface area contributed by atoms with Crippen LogP contribution in [-0.2, 0) is 32.7 Å². The van der Waals surface area contributed by atoms with Crippen molar-refractivity contribution in [1.29, 1.82) is 0 Å². The molecule has 2 atom stereocenters. The lowest BCUT2D eigenvalue weighted by Gasteiger charge is -2.24. The van der Waals surface area contributed by atoms with E-state index in [1.165, 1.54) is 270 Å². The van der Waals surface area contributed by atoms with Crippen LogP contribution in [0, 0.1) is 0 Å². The highest BCUT2D eigenvalue weighted by Gasteiger charge is 2.27. The van der Waals surface area contributed by atoms with Crippen LogP contribution in [0.1, 0.15) is 399 Å². The number of hydrogen-bond donors (Lipinski definition) is 1. The van der Waals surface area contributed by atoms with Crippen molar-refractivity contribution in [1.82, 2.24) is 0 Å². The van der Waals surface area contributed by atoms with E-state index in [9.17, 15) is 19.0 Å². The van der Waals surface area contributed by atoms with Gasteiger partial charge in [-0.3, -0.25) is 18.6 Å². The Kier molecular flexibility index (Phi) is 75.6. The zero-order valence-corrected chi connectivity index (χ0v) is 66.2. The minimum atomic E-state index is -4.40. The van der Waals surface area contributed by atoms with E-state index in [1.54, 1.807) is 0 Å². The highest BCUT2D eigenvalue weighted by Crippen LogP contribution is 2.43. The first-order chi connectivity index (χ1) is 48.0. The maximum absolute atomic E-state index is 12.9. The highest BCUT2D eigenvalue weighted by molar-refractivity contribution is 7.47. The molecule has 0 aromatic heterocycles. The van der Waals surface area contributed by atoms with Crippen LogP contribution in [-0.4, -0.2) is 74.9 Å². The van der Waals surface area contributed by atoms with Crippen LogP contribution >= 0.6 is 7.82 Å². The van der Waals surface area contributed by atoms with Gasteiger partial charge in [0.2, 0.25) is 0 Å². The van der Waals surface area contributed by atoms with E-state index in [0.29, 0.717) is 17.4 Å². The molecule has 570 valence electrons. The second-order valence-electron chi connectivity index (χ2n) is 29.5. The molecule has 0 aromatic rings. The fourth-order valence-electron chi connectivity index (χ4n) is 12.3. The second-order valence-corrected chi connectivity index (χ2v) is 30.9. The number of esters is 2. The third-order valence-electron chi connectivity index (χ3n) is 18.6. The maximum atomic E-state index is 12.9. The van der Waals surface area contributed by atoms with E-state index in [1.807, 2.05) is 21.1 Å². The summed E-state index contributed by atoms with van der Waals surface area (Å²) in [5.74, 6) is -0.789. The number of nitrogens with zero attached hydrogens (tertiary/aromatic N) is 1. The number of rotatable bonds is 78. The standard InChI is InChI=1S/C88H160NO8P/c1-6-8-10-12-14-16-18-20-22-24-26-28-30-32-34-36-38-40-42-43-44-45-47-48-50-52-54-56-58-60-62-64-66-68-70-72-74-76-78-80-87(90)94-84-86(85-96-98(92,93)95-83-82-89(3,4)5)97-88(91)81-79-77-75-73-71-69-67-65-63-61-59-57-55-53-51-49-46-41-39-37-35-33-31-29-27-25-23-21-19-17-15-13-11-9-7-2/h9,11,15,17,21,23,27,29,33,35,39,41,49,51,55,57,86H,6-8,10,12-14,16,18-20,22,24-26,28,30-32,34,36-38,40,42-48,50,52-54,56,58-85H2,1-5H3/p+1/b11-9-,17-15-,23-21-,29-27-,35-33-,41-39-,51-49-,57-55-. The Hall–Kier alpha value is -3.07. The summed E-state index contributed by atoms with van der Waals surface area (Å²) in [5.41, 5.74) is 0. The van der Waals surface area contributed by atoms with Crippen LogP contribution in [0.15, 0.2) is 97.2 Å². The monoisotopic (exact) mass is 1390 g/mol. The summed E-state index contributed by atoms with van der Waals surface area (Å²) < 4.78 is 34.8. The van der Waals surface area contributed by atoms with Gasteiger partial charge in [0.25, 0.3) is 0 Å². The smallest absolute Gasteiger partial charge is 0.462 e. The van der Waals surface area contributed by atoms with Gasteiger partial charge < -0.3 is 18.9 Å². The minimum Gasteiger partial charge on any atom is -0.462 e. The molecule has 0 aliphatic rings. The SMILES string of the molecule is CC/C=C\C/C=C\C/C=C\C/C=C\C/C=C\C/C=C\C/C=C\C/C=C\CCCCCCCCCCCCC(=O)OC(COC(=O)CCCCCCCCCCCCCCCCCCCCCCCCCCCCCCCCCCCCCCCCC)COP(=O)(O)OCC[N+](C)(C)C. The van der Waals surface area contributed by atoms with Gasteiger partial charge in [0.1, 0.15) is 19.8 Å². The van der Waals surface area contributed by atoms with Gasteiger partial charge in [-0.15, -0.1) is 0 Å². The number of carbonyl (C=O) groups excluding carboxylic acids is 2. The molecule has 0 spiro atoms. The number of allylic oxidation sites excluding steroid dienone is 16. The molecule has 0 aromatic carbocycles. The minimum absolute atomic E-state index is 0.0289. The Balaban J connectivity index is 3.94. The molecule has 0 aliphatic heterocycles. The number of ether oxygens (including phenoxy) is 2. The lowest BCUT2D eigenvalue weighted by molar-refractivity contribution is -0.870. The summed E-state index contributed by atoms with van der Waals surface area (Å²) in [6, 6.07) is 0. The predicted molar refractivity (Wildman–Crippen MR) is 427 cm³/mol. The Morgan fingerprint density at radius 3 is 0.867 bits per heavy atom. The molecular weight excluding hydrogens is 1230 g/mol. The van der Waals surface area contributed by atoms with Gasteiger partial charge >= 0.3 is 19.8 Å². The molecule has 98 heavy (non-hydrogen) atoms. The number of quaternary nitrogens is 1. The lowest BCUT2D eigenvalue weighted by Crippen LogP contribution is -2.37. The number of phosphoric acid groups is 1. The summed E-state index contributed by atoms with van der Waals surface area (Å²) in [5, 5.41) is 0. The zero-order chi connectivity index (χ0) is 71.1. The average molecular weight is 1390 g/mol. The van der Waals surface area contributed by atoms with Gasteiger partial charge in [-0.05, 0) is 77.0 Å². The number of unbranched alkanes of at least 4 members (excludes halogenated alkanes) is 48. The fourth-order valence-corrected chi connectivity index (χ4v) is 13.0. The van der Waals surface area contributed by atoms with Gasteiger partial charge in [-0.2, -0.15) is 0 Å². The molecule has 0 bridgehead atoms. The maximum Gasteiger partial charge on any atom is 0.472 e. The van der Waals surface area contributed by atoms with Crippen LogP contribution < -0.4 is 0 Å². The Morgan fingerprint density at radius 1 is 0.327 bits per heavy atom. The molecule has 10 heteroatoms. The number of likely N-dealkylation sites (N-methyl/N-ethyl adjacent to an activating group) is 1. The molecule has 0 aliphatic carbocycles. The summed E-state index contributed by atoms with van der Waals surface area (Å²) >= 11 is 0. The fraction of sp³-hybridized carbons (Fsp3) is 0.795. The predicted octanol–water partition coefficient (Wildman–Crippen LogP) is 28.2. The van der Waals surface area contributed by atoms with Gasteiger partial charge in [0.05, 0.1) is 27.7 Å². The molecule has 0 heterocycles. The Labute approximate surface area is 608 Å². The molecule has 0 radical (unpaired) electrons. The van der Waals surface area contributed by atoms with E-state index >= 15 is 0 Å². The molecule has 9 nitrogen and oxygen atoms in total.